The lowest BCUT2D eigenvalue weighted by Gasteiger charge is -2.31. The molecule has 3 aromatic heterocycles. The van der Waals surface area contributed by atoms with Crippen LogP contribution in [0.3, 0.4) is 0 Å². The van der Waals surface area contributed by atoms with Gasteiger partial charge in [0, 0.05) is 16.6 Å². The van der Waals surface area contributed by atoms with E-state index < -0.39 is 0 Å². The number of aryl methyl sites for hydroxylation is 1. The number of aromatic nitrogens is 1. The Hall–Kier alpha value is -2.63. The summed E-state index contributed by atoms with van der Waals surface area (Å²) in [6.07, 6.45) is 7.00. The molecule has 2 aliphatic rings. The summed E-state index contributed by atoms with van der Waals surface area (Å²) < 4.78 is 2.34. The van der Waals surface area contributed by atoms with Crippen LogP contribution in [0, 0.1) is 0 Å². The van der Waals surface area contributed by atoms with E-state index in [2.05, 4.69) is 52.1 Å². The fraction of sp³-hybridized carbons (Fsp3) is 0.240. The van der Waals surface area contributed by atoms with Gasteiger partial charge in [-0.15, -0.1) is 22.7 Å². The third-order valence-electron chi connectivity index (χ3n) is 6.29. The minimum absolute atomic E-state index is 0.102. The molecule has 1 aromatic carbocycles. The van der Waals surface area contributed by atoms with E-state index in [0.717, 1.165) is 16.9 Å². The number of hydrogen-bond acceptors (Lipinski definition) is 3. The molecule has 4 heterocycles. The van der Waals surface area contributed by atoms with Crippen molar-refractivity contribution in [3.63, 3.8) is 0 Å². The van der Waals surface area contributed by atoms with Crippen LogP contribution < -0.4 is 0 Å². The zero-order chi connectivity index (χ0) is 20.1. The summed E-state index contributed by atoms with van der Waals surface area (Å²) in [6.45, 7) is 0.666. The lowest BCUT2D eigenvalue weighted by Crippen LogP contribution is -2.34. The number of carbonyl (C=O) groups is 1. The highest BCUT2D eigenvalue weighted by molar-refractivity contribution is 7.15. The molecule has 0 radical (unpaired) electrons. The van der Waals surface area contributed by atoms with Crippen LogP contribution in [0.15, 0.2) is 66.2 Å². The van der Waals surface area contributed by atoms with E-state index in [1.165, 1.54) is 57.3 Å². The first-order valence-electron chi connectivity index (χ1n) is 10.5. The fourth-order valence-electron chi connectivity index (χ4n) is 4.91. The maximum Gasteiger partial charge on any atom is 0.265 e. The van der Waals surface area contributed by atoms with Gasteiger partial charge in [-0.2, -0.15) is 0 Å². The van der Waals surface area contributed by atoms with E-state index >= 15 is 0 Å². The summed E-state index contributed by atoms with van der Waals surface area (Å²) in [5.74, 6) is 0.121. The molecule has 0 N–H and O–H groups in total. The van der Waals surface area contributed by atoms with Gasteiger partial charge >= 0.3 is 0 Å². The van der Waals surface area contributed by atoms with E-state index in [4.69, 9.17) is 0 Å². The number of carbonyl (C=O) groups excluding carboxylic acids is 1. The van der Waals surface area contributed by atoms with E-state index in [-0.39, 0.29) is 11.9 Å². The maximum atomic E-state index is 13.8. The summed E-state index contributed by atoms with van der Waals surface area (Å²) >= 11 is 3.46. The average molecular weight is 431 g/mol. The van der Waals surface area contributed by atoms with Crippen LogP contribution in [-0.2, 0) is 19.4 Å². The number of benzene rings is 1. The van der Waals surface area contributed by atoms with Crippen molar-refractivity contribution in [1.82, 2.24) is 9.47 Å². The maximum absolute atomic E-state index is 13.8. The SMILES string of the molecule is O=C(c1cccs1)N1Cc2c(sc3c2CCCC3)-n2cccc2[C@@H]1c1ccccc1. The molecule has 1 amide bonds. The normalized spacial score (nSPS) is 17.7. The van der Waals surface area contributed by atoms with Crippen LogP contribution >= 0.6 is 22.7 Å². The molecular formula is C25H22N2OS2. The third kappa shape index (κ3) is 2.80. The molecule has 30 heavy (non-hydrogen) atoms. The molecular weight excluding hydrogens is 408 g/mol. The van der Waals surface area contributed by atoms with Crippen molar-refractivity contribution in [1.29, 1.82) is 0 Å². The second-order valence-corrected chi connectivity index (χ2v) is 10.1. The Bertz CT molecular complexity index is 1200. The number of nitrogens with zero attached hydrogens (tertiary/aromatic N) is 2. The number of amides is 1. The molecule has 0 bridgehead atoms. The van der Waals surface area contributed by atoms with Crippen molar-refractivity contribution >= 4 is 28.6 Å². The predicted octanol–water partition coefficient (Wildman–Crippen LogP) is 6.22. The van der Waals surface area contributed by atoms with Crippen LogP contribution in [0.25, 0.3) is 5.00 Å². The second kappa shape index (κ2) is 7.25. The first-order valence-corrected chi connectivity index (χ1v) is 12.2. The minimum atomic E-state index is -0.102. The average Bonchev–Trinajstić information content (AvgIpc) is 3.53. The Morgan fingerprint density at radius 2 is 1.80 bits per heavy atom. The molecule has 1 aliphatic carbocycles. The first kappa shape index (κ1) is 18.2. The van der Waals surface area contributed by atoms with Crippen LogP contribution in [0.5, 0.6) is 0 Å². The molecule has 150 valence electrons. The highest BCUT2D eigenvalue weighted by Gasteiger charge is 2.36. The van der Waals surface area contributed by atoms with Crippen molar-refractivity contribution in [2.75, 3.05) is 0 Å². The Kier molecular flexibility index (Phi) is 4.39. The molecule has 5 heteroatoms. The standard InChI is InChI=1S/C25H22N2OS2/c28-24(22-13-7-15-29-22)27-16-19-18-10-4-5-12-21(18)30-25(19)26-14-6-11-20(26)23(27)17-8-2-1-3-9-17/h1-3,6-9,11,13-15,23H,4-5,10,12,16H2/t23-/m0/s1. The zero-order valence-corrected chi connectivity index (χ0v) is 18.2. The smallest absolute Gasteiger partial charge is 0.265 e. The highest BCUT2D eigenvalue weighted by Crippen LogP contribution is 2.44. The highest BCUT2D eigenvalue weighted by atomic mass is 32.1. The van der Waals surface area contributed by atoms with Gasteiger partial charge in [0.05, 0.1) is 23.2 Å². The van der Waals surface area contributed by atoms with E-state index in [1.807, 2.05) is 34.9 Å². The van der Waals surface area contributed by atoms with Crippen molar-refractivity contribution < 1.29 is 4.79 Å². The Labute approximate surface area is 184 Å². The van der Waals surface area contributed by atoms with Crippen molar-refractivity contribution in [3.8, 4) is 5.00 Å². The Morgan fingerprint density at radius 1 is 0.933 bits per heavy atom. The summed E-state index contributed by atoms with van der Waals surface area (Å²) in [4.78, 5) is 18.2. The lowest BCUT2D eigenvalue weighted by atomic mass is 9.95. The topological polar surface area (TPSA) is 25.2 Å². The largest absolute Gasteiger partial charge is 0.321 e. The van der Waals surface area contributed by atoms with Crippen LogP contribution in [0.1, 0.15) is 55.8 Å². The van der Waals surface area contributed by atoms with E-state index in [0.29, 0.717) is 6.54 Å². The summed E-state index contributed by atoms with van der Waals surface area (Å²) in [7, 11) is 0. The zero-order valence-electron chi connectivity index (χ0n) is 16.6. The number of fused-ring (bicyclic) bond motifs is 5. The minimum Gasteiger partial charge on any atom is -0.321 e. The van der Waals surface area contributed by atoms with Crippen LogP contribution in [0.2, 0.25) is 0 Å². The second-order valence-electron chi connectivity index (χ2n) is 8.02. The van der Waals surface area contributed by atoms with Crippen molar-refractivity contribution in [2.45, 2.75) is 38.3 Å². The fourth-order valence-corrected chi connectivity index (χ4v) is 7.00. The van der Waals surface area contributed by atoms with Gasteiger partial charge in [-0.1, -0.05) is 36.4 Å². The molecule has 3 nitrogen and oxygen atoms in total. The monoisotopic (exact) mass is 430 g/mol. The van der Waals surface area contributed by atoms with Gasteiger partial charge in [-0.25, -0.2) is 0 Å². The van der Waals surface area contributed by atoms with Gasteiger partial charge in [-0.3, -0.25) is 4.79 Å². The van der Waals surface area contributed by atoms with Crippen LogP contribution in [-0.4, -0.2) is 15.4 Å². The van der Waals surface area contributed by atoms with Crippen LogP contribution in [0.4, 0.5) is 0 Å². The molecule has 0 fully saturated rings. The number of rotatable bonds is 2. The van der Waals surface area contributed by atoms with Gasteiger partial charge < -0.3 is 9.47 Å². The molecule has 0 spiro atoms. The summed E-state index contributed by atoms with van der Waals surface area (Å²) in [5, 5.41) is 3.30. The van der Waals surface area contributed by atoms with Gasteiger partial charge in [0.2, 0.25) is 0 Å². The molecule has 1 atom stereocenters. The van der Waals surface area contributed by atoms with Crippen molar-refractivity contribution in [2.24, 2.45) is 0 Å². The molecule has 0 saturated carbocycles. The van der Waals surface area contributed by atoms with Gasteiger partial charge in [-0.05, 0) is 60.4 Å². The third-order valence-corrected chi connectivity index (χ3v) is 8.48. The predicted molar refractivity (Wildman–Crippen MR) is 123 cm³/mol. The van der Waals surface area contributed by atoms with E-state index in [9.17, 15) is 4.79 Å². The quantitative estimate of drug-likeness (QED) is 0.370. The first-order chi connectivity index (χ1) is 14.8. The summed E-state index contributed by atoms with van der Waals surface area (Å²) in [5.41, 5.74) is 5.18. The van der Waals surface area contributed by atoms with Gasteiger partial charge in [0.1, 0.15) is 5.00 Å². The molecule has 4 aromatic rings. The van der Waals surface area contributed by atoms with Gasteiger partial charge in [0.25, 0.3) is 5.91 Å². The van der Waals surface area contributed by atoms with Gasteiger partial charge in [0.15, 0.2) is 0 Å². The Balaban J connectivity index is 1.58. The van der Waals surface area contributed by atoms with E-state index in [1.54, 1.807) is 0 Å². The summed E-state index contributed by atoms with van der Waals surface area (Å²) in [6, 6.07) is 18.6. The number of thiophene rings is 2. The number of hydrogen-bond donors (Lipinski definition) is 0. The van der Waals surface area contributed by atoms with Crippen molar-refractivity contribution in [3.05, 3.63) is 98.3 Å². The molecule has 0 unspecified atom stereocenters. The lowest BCUT2D eigenvalue weighted by molar-refractivity contribution is 0.0695. The molecule has 6 rings (SSSR count). The Morgan fingerprint density at radius 3 is 2.63 bits per heavy atom. The molecule has 0 saturated heterocycles. The molecule has 1 aliphatic heterocycles.